The third-order valence-corrected chi connectivity index (χ3v) is 3.13. The molecule has 1 aromatic rings. The van der Waals surface area contributed by atoms with Crippen LogP contribution in [-0.2, 0) is 10.7 Å². The van der Waals surface area contributed by atoms with Gasteiger partial charge in [0, 0.05) is 5.56 Å². The van der Waals surface area contributed by atoms with Crippen LogP contribution in [-0.4, -0.2) is 19.3 Å². The van der Waals surface area contributed by atoms with Crippen LogP contribution in [0.15, 0.2) is 24.3 Å². The van der Waals surface area contributed by atoms with Gasteiger partial charge >= 0.3 is 12.0 Å². The molecule has 6 heteroatoms. The largest absolute Gasteiger partial charge is 0.494 e. The molecule has 0 spiro atoms. The van der Waals surface area contributed by atoms with E-state index in [2.05, 4.69) is 4.74 Å². The molecular weight excluding hydrogens is 300 g/mol. The number of hydrogen-bond acceptors (Lipinski definition) is 2. The van der Waals surface area contributed by atoms with Gasteiger partial charge in [-0.2, -0.15) is 17.6 Å². The molecule has 0 atom stereocenters. The molecule has 0 fully saturated rings. The summed E-state index contributed by atoms with van der Waals surface area (Å²) >= 11 is 0. The Morgan fingerprint density at radius 1 is 0.864 bits per heavy atom. The lowest BCUT2D eigenvalue weighted by Crippen LogP contribution is -2.40. The maximum Gasteiger partial charge on any atom is 0.423 e. The quantitative estimate of drug-likeness (QED) is 0.426. The highest BCUT2D eigenvalue weighted by molar-refractivity contribution is 5.30. The van der Waals surface area contributed by atoms with Crippen LogP contribution in [0.4, 0.5) is 17.6 Å². The summed E-state index contributed by atoms with van der Waals surface area (Å²) in [6.07, 6.45) is -1.87. The van der Waals surface area contributed by atoms with Crippen LogP contribution in [0.5, 0.6) is 5.75 Å². The fourth-order valence-electron chi connectivity index (χ4n) is 1.70. The zero-order valence-corrected chi connectivity index (χ0v) is 12.9. The summed E-state index contributed by atoms with van der Waals surface area (Å²) in [7, 11) is 0. The summed E-state index contributed by atoms with van der Waals surface area (Å²) in [5, 5.41) is 0. The Morgan fingerprint density at radius 2 is 1.41 bits per heavy atom. The van der Waals surface area contributed by atoms with Crippen molar-refractivity contribution in [2.24, 2.45) is 0 Å². The van der Waals surface area contributed by atoms with Crippen molar-refractivity contribution in [1.82, 2.24) is 0 Å². The Kier molecular flexibility index (Phi) is 7.13. The van der Waals surface area contributed by atoms with Crippen LogP contribution >= 0.6 is 0 Å². The zero-order chi connectivity index (χ0) is 16.6. The highest BCUT2D eigenvalue weighted by Crippen LogP contribution is 2.44. The Labute approximate surface area is 128 Å². The highest BCUT2D eigenvalue weighted by atomic mass is 19.3. The van der Waals surface area contributed by atoms with E-state index < -0.39 is 24.2 Å². The van der Waals surface area contributed by atoms with Gasteiger partial charge in [0.1, 0.15) is 5.75 Å². The summed E-state index contributed by atoms with van der Waals surface area (Å²) in [5.41, 5.74) is -0.795. The van der Waals surface area contributed by atoms with E-state index in [1.54, 1.807) is 6.92 Å². The van der Waals surface area contributed by atoms with Gasteiger partial charge in [-0.15, -0.1) is 0 Å². The lowest BCUT2D eigenvalue weighted by Gasteiger charge is -2.26. The predicted molar refractivity (Wildman–Crippen MR) is 76.5 cm³/mol. The van der Waals surface area contributed by atoms with Crippen molar-refractivity contribution in [3.8, 4) is 5.75 Å². The first-order valence-corrected chi connectivity index (χ1v) is 7.48. The van der Waals surface area contributed by atoms with Crippen molar-refractivity contribution >= 4 is 0 Å². The van der Waals surface area contributed by atoms with Crippen LogP contribution in [0.2, 0.25) is 0 Å². The summed E-state index contributed by atoms with van der Waals surface area (Å²) in [6.45, 7) is 3.81. The SMILES string of the molecule is CCCCOc1ccc(C(F)(F)C(F)(F)OCCCC)cc1. The fraction of sp³-hybridized carbons (Fsp3) is 0.625. The van der Waals surface area contributed by atoms with Crippen molar-refractivity contribution in [2.45, 2.75) is 51.6 Å². The average molecular weight is 322 g/mol. The monoisotopic (exact) mass is 322 g/mol. The molecule has 0 aliphatic carbocycles. The topological polar surface area (TPSA) is 18.5 Å². The van der Waals surface area contributed by atoms with Crippen molar-refractivity contribution in [3.63, 3.8) is 0 Å². The third kappa shape index (κ3) is 4.87. The Morgan fingerprint density at radius 3 is 1.95 bits per heavy atom. The number of alkyl halides is 4. The first-order chi connectivity index (χ1) is 10.3. The molecule has 22 heavy (non-hydrogen) atoms. The number of ether oxygens (including phenoxy) is 2. The van der Waals surface area contributed by atoms with Gasteiger partial charge < -0.3 is 9.47 Å². The van der Waals surface area contributed by atoms with E-state index in [-0.39, 0.29) is 0 Å². The number of halogens is 4. The molecule has 0 heterocycles. The van der Waals surface area contributed by atoms with Crippen molar-refractivity contribution in [3.05, 3.63) is 29.8 Å². The Balaban J connectivity index is 2.74. The average Bonchev–Trinajstić information content (AvgIpc) is 2.48. The van der Waals surface area contributed by atoms with E-state index in [1.807, 2.05) is 6.92 Å². The van der Waals surface area contributed by atoms with Gasteiger partial charge in [0.25, 0.3) is 0 Å². The van der Waals surface area contributed by atoms with Gasteiger partial charge in [-0.3, -0.25) is 0 Å². The molecule has 0 aliphatic rings. The molecule has 0 aromatic heterocycles. The second-order valence-electron chi connectivity index (χ2n) is 5.02. The molecule has 0 saturated carbocycles. The molecule has 1 rings (SSSR count). The second-order valence-corrected chi connectivity index (χ2v) is 5.02. The first kappa shape index (κ1) is 18.7. The molecule has 0 amide bonds. The lowest BCUT2D eigenvalue weighted by molar-refractivity contribution is -0.354. The summed E-state index contributed by atoms with van der Waals surface area (Å²) in [5.74, 6) is -4.01. The second kappa shape index (κ2) is 8.36. The van der Waals surface area contributed by atoms with E-state index >= 15 is 0 Å². The van der Waals surface area contributed by atoms with E-state index in [1.165, 1.54) is 12.1 Å². The van der Waals surface area contributed by atoms with E-state index in [0.717, 1.165) is 25.0 Å². The van der Waals surface area contributed by atoms with E-state index in [9.17, 15) is 17.6 Å². The van der Waals surface area contributed by atoms with Gasteiger partial charge in [-0.1, -0.05) is 26.7 Å². The van der Waals surface area contributed by atoms with Gasteiger partial charge in [0.05, 0.1) is 13.2 Å². The van der Waals surface area contributed by atoms with E-state index in [0.29, 0.717) is 25.2 Å². The van der Waals surface area contributed by atoms with Crippen LogP contribution < -0.4 is 4.74 Å². The molecule has 0 N–H and O–H groups in total. The molecule has 0 radical (unpaired) electrons. The maximum absolute atomic E-state index is 13.9. The molecule has 126 valence electrons. The number of hydrogen-bond donors (Lipinski definition) is 0. The zero-order valence-electron chi connectivity index (χ0n) is 12.9. The third-order valence-electron chi connectivity index (χ3n) is 3.13. The van der Waals surface area contributed by atoms with E-state index in [4.69, 9.17) is 4.74 Å². The van der Waals surface area contributed by atoms with Gasteiger partial charge in [0.15, 0.2) is 0 Å². The van der Waals surface area contributed by atoms with Crippen LogP contribution in [0.25, 0.3) is 0 Å². The van der Waals surface area contributed by atoms with Crippen molar-refractivity contribution in [2.75, 3.05) is 13.2 Å². The normalized spacial score (nSPS) is 12.5. The summed E-state index contributed by atoms with van der Waals surface area (Å²) < 4.78 is 64.3. The fourth-order valence-corrected chi connectivity index (χ4v) is 1.70. The summed E-state index contributed by atoms with van der Waals surface area (Å²) in [6, 6.07) is 4.42. The standard InChI is InChI=1S/C16H22F4O2/c1-3-5-11-21-14-9-7-13(8-10-14)15(17,18)16(19,20)22-12-6-4-2/h7-10H,3-6,11-12H2,1-2H3. The van der Waals surface area contributed by atoms with Crippen molar-refractivity contribution in [1.29, 1.82) is 0 Å². The molecule has 0 aliphatic heterocycles. The number of rotatable bonds is 10. The van der Waals surface area contributed by atoms with Gasteiger partial charge in [0.2, 0.25) is 0 Å². The van der Waals surface area contributed by atoms with Crippen molar-refractivity contribution < 1.29 is 27.0 Å². The molecule has 2 nitrogen and oxygen atoms in total. The molecule has 0 bridgehead atoms. The van der Waals surface area contributed by atoms with Crippen LogP contribution in [0, 0.1) is 0 Å². The molecule has 0 saturated heterocycles. The lowest BCUT2D eigenvalue weighted by atomic mass is 10.1. The minimum Gasteiger partial charge on any atom is -0.494 e. The summed E-state index contributed by atoms with van der Waals surface area (Å²) in [4.78, 5) is 0. The maximum atomic E-state index is 13.9. The highest BCUT2D eigenvalue weighted by Gasteiger charge is 2.59. The Hall–Kier alpha value is -1.30. The smallest absolute Gasteiger partial charge is 0.423 e. The molecular formula is C16H22F4O2. The van der Waals surface area contributed by atoms with Gasteiger partial charge in [-0.05, 0) is 37.1 Å². The number of unbranched alkanes of at least 4 members (excludes halogenated alkanes) is 2. The van der Waals surface area contributed by atoms with Gasteiger partial charge in [-0.25, -0.2) is 0 Å². The minimum atomic E-state index is -4.53. The predicted octanol–water partition coefficient (Wildman–Crippen LogP) is 5.37. The first-order valence-electron chi connectivity index (χ1n) is 7.48. The Bertz CT molecular complexity index is 432. The van der Waals surface area contributed by atoms with Crippen LogP contribution in [0.3, 0.4) is 0 Å². The van der Waals surface area contributed by atoms with Crippen LogP contribution in [0.1, 0.15) is 45.1 Å². The minimum absolute atomic E-state index is 0.301. The molecule has 1 aromatic carbocycles. The molecule has 0 unspecified atom stereocenters. The number of benzene rings is 1.